The summed E-state index contributed by atoms with van der Waals surface area (Å²) in [5, 5.41) is 8.75. The Morgan fingerprint density at radius 1 is 1.09 bits per heavy atom. The summed E-state index contributed by atoms with van der Waals surface area (Å²) in [6, 6.07) is -0.0998. The van der Waals surface area contributed by atoms with Crippen LogP contribution in [0.5, 0.6) is 0 Å². The van der Waals surface area contributed by atoms with E-state index in [-0.39, 0.29) is 72.1 Å². The highest BCUT2D eigenvalue weighted by Gasteiger charge is 2.51. The summed E-state index contributed by atoms with van der Waals surface area (Å²) in [5.74, 6) is -0.749. The fraction of sp³-hybridized carbons (Fsp3) is 0.771. The topological polar surface area (TPSA) is 145 Å². The monoisotopic (exact) mass is 647 g/mol. The third-order valence-electron chi connectivity index (χ3n) is 9.08. The van der Waals surface area contributed by atoms with Gasteiger partial charge < -0.3 is 34.9 Å². The molecule has 1 spiro atoms. The van der Waals surface area contributed by atoms with E-state index >= 15 is 0 Å². The molecule has 11 nitrogen and oxygen atoms in total. The number of allylic oxidation sites excluding steroid dienone is 1. The van der Waals surface area contributed by atoms with Gasteiger partial charge in [-0.05, 0) is 78.7 Å². The van der Waals surface area contributed by atoms with Crippen LogP contribution in [0.2, 0.25) is 0 Å². The lowest BCUT2D eigenvalue weighted by Gasteiger charge is -2.39. The van der Waals surface area contributed by atoms with Crippen molar-refractivity contribution in [3.05, 3.63) is 23.8 Å². The van der Waals surface area contributed by atoms with Gasteiger partial charge in [0.15, 0.2) is 0 Å². The third-order valence-corrected chi connectivity index (χ3v) is 9.08. The summed E-state index contributed by atoms with van der Waals surface area (Å²) in [6.07, 6.45) is 10.3. The zero-order valence-electron chi connectivity index (χ0n) is 29.1. The summed E-state index contributed by atoms with van der Waals surface area (Å²) >= 11 is 0. The lowest BCUT2D eigenvalue weighted by Crippen LogP contribution is -2.55. The minimum absolute atomic E-state index is 0.00132. The largest absolute Gasteiger partial charge is 0.459 e. The van der Waals surface area contributed by atoms with Gasteiger partial charge in [-0.2, -0.15) is 0 Å². The molecule has 0 aromatic carbocycles. The van der Waals surface area contributed by atoms with Gasteiger partial charge in [-0.3, -0.25) is 19.2 Å². The summed E-state index contributed by atoms with van der Waals surface area (Å²) in [7, 11) is 0. The average Bonchev–Trinajstić information content (AvgIpc) is 3.70. The van der Waals surface area contributed by atoms with Crippen LogP contribution in [0.3, 0.4) is 0 Å². The van der Waals surface area contributed by atoms with Gasteiger partial charge >= 0.3 is 5.97 Å². The Kier molecular flexibility index (Phi) is 13.8. The van der Waals surface area contributed by atoms with E-state index in [2.05, 4.69) is 35.9 Å². The number of epoxide rings is 1. The Balaban J connectivity index is 1.44. The number of rotatable bonds is 15. The molecule has 3 rings (SSSR count). The van der Waals surface area contributed by atoms with E-state index in [9.17, 15) is 19.2 Å². The van der Waals surface area contributed by atoms with Crippen molar-refractivity contribution in [2.45, 2.75) is 154 Å². The predicted molar refractivity (Wildman–Crippen MR) is 175 cm³/mol. The summed E-state index contributed by atoms with van der Waals surface area (Å²) in [6.45, 7) is 16.0. The van der Waals surface area contributed by atoms with Crippen LogP contribution in [0.4, 0.5) is 0 Å². The Labute approximate surface area is 275 Å². The van der Waals surface area contributed by atoms with Gasteiger partial charge in [0.2, 0.25) is 17.7 Å². The molecule has 0 aliphatic carbocycles. The Hall–Kier alpha value is -2.76. The molecule has 8 atom stereocenters. The summed E-state index contributed by atoms with van der Waals surface area (Å²) in [4.78, 5) is 48.8. The van der Waals surface area contributed by atoms with Gasteiger partial charge in [0, 0.05) is 32.4 Å². The molecule has 1 unspecified atom stereocenters. The maximum absolute atomic E-state index is 12.9. The van der Waals surface area contributed by atoms with Crippen LogP contribution in [0.15, 0.2) is 23.8 Å². The molecule has 3 N–H and O–H groups in total. The molecule has 3 aliphatic heterocycles. The molecule has 0 aromatic rings. The molecule has 3 amide bonds. The van der Waals surface area contributed by atoms with E-state index in [0.29, 0.717) is 19.6 Å². The molecular weight excluding hydrogens is 590 g/mol. The van der Waals surface area contributed by atoms with Crippen LogP contribution >= 0.6 is 0 Å². The van der Waals surface area contributed by atoms with Gasteiger partial charge in [0.05, 0.1) is 49.1 Å². The number of esters is 1. The van der Waals surface area contributed by atoms with Gasteiger partial charge in [-0.1, -0.05) is 25.5 Å². The number of amides is 3. The second-order valence-electron chi connectivity index (χ2n) is 14.1. The maximum Gasteiger partial charge on any atom is 0.303 e. The number of hydrogen-bond acceptors (Lipinski definition) is 8. The van der Waals surface area contributed by atoms with E-state index in [0.717, 1.165) is 38.5 Å². The smallest absolute Gasteiger partial charge is 0.303 e. The Morgan fingerprint density at radius 2 is 1.78 bits per heavy atom. The van der Waals surface area contributed by atoms with Crippen LogP contribution in [0.1, 0.15) is 107 Å². The highest BCUT2D eigenvalue weighted by Crippen LogP contribution is 2.44. The van der Waals surface area contributed by atoms with Gasteiger partial charge in [-0.25, -0.2) is 0 Å². The summed E-state index contributed by atoms with van der Waals surface area (Å²) < 4.78 is 23.6. The van der Waals surface area contributed by atoms with Crippen molar-refractivity contribution in [2.75, 3.05) is 13.2 Å². The first-order valence-electron chi connectivity index (χ1n) is 17.0. The highest BCUT2D eigenvalue weighted by atomic mass is 16.6. The van der Waals surface area contributed by atoms with Crippen molar-refractivity contribution in [2.24, 2.45) is 5.92 Å². The average molecular weight is 648 g/mol. The minimum Gasteiger partial charge on any atom is -0.459 e. The van der Waals surface area contributed by atoms with Crippen LogP contribution < -0.4 is 16.0 Å². The fourth-order valence-electron chi connectivity index (χ4n) is 6.31. The van der Waals surface area contributed by atoms with Crippen LogP contribution in [0.25, 0.3) is 0 Å². The third kappa shape index (κ3) is 12.1. The van der Waals surface area contributed by atoms with E-state index in [1.54, 1.807) is 26.8 Å². The standard InChI is InChI=1S/C35H57N3O8/c1-9-16-36-33(42)34(7,8)38-32(41)18-28-20-35(21-43-35)19-27(46-28)13-10-22(2)11-14-30-23(3)17-29(25(5)45-30)37-31(40)15-12-24(4)44-26(6)39/h11-12,15,23-25,27-30H,9-10,13-14,16-21H2,1-8H3,(H,36,42)(H,37,40)(H,38,41)/b15-12-,22-11+/t23-,24-,25+,27+,28+,29+,30?,35+/m0/s1. The molecular formula is C35H57N3O8. The molecule has 3 aliphatic rings. The lowest BCUT2D eigenvalue weighted by atomic mass is 9.87. The summed E-state index contributed by atoms with van der Waals surface area (Å²) in [5.41, 5.74) is 0.0784. The molecule has 46 heavy (non-hydrogen) atoms. The van der Waals surface area contributed by atoms with Crippen LogP contribution in [0, 0.1) is 5.92 Å². The second kappa shape index (κ2) is 16.9. The number of hydrogen-bond donors (Lipinski definition) is 3. The first-order chi connectivity index (χ1) is 21.6. The van der Waals surface area contributed by atoms with Crippen LogP contribution in [-0.4, -0.2) is 84.5 Å². The lowest BCUT2D eigenvalue weighted by molar-refractivity contribution is -0.143. The molecule has 11 heteroatoms. The zero-order chi connectivity index (χ0) is 34.1. The van der Waals surface area contributed by atoms with Gasteiger partial charge in [0.25, 0.3) is 0 Å². The van der Waals surface area contributed by atoms with Crippen LogP contribution in [-0.2, 0) is 38.1 Å². The SMILES string of the molecule is CCCNC(=O)C(C)(C)NC(=O)C[C@@H]1C[C@@]2(CO2)C[C@@H](CC/C(C)=C/CC2O[C@H](C)[C@H](NC(=O)/C=C\[C@H](C)OC(C)=O)C[C@@H]2C)O1. The normalized spacial score (nSPS) is 30.5. The molecule has 3 heterocycles. The van der Waals surface area contributed by atoms with E-state index in [1.807, 2.05) is 13.8 Å². The Morgan fingerprint density at radius 3 is 2.43 bits per heavy atom. The molecule has 260 valence electrons. The van der Waals surface area contributed by atoms with Crippen molar-refractivity contribution in [1.82, 2.24) is 16.0 Å². The number of carbonyl (C=O) groups excluding carboxylic acids is 4. The van der Waals surface area contributed by atoms with Gasteiger partial charge in [-0.15, -0.1) is 0 Å². The molecule has 0 bridgehead atoms. The maximum atomic E-state index is 12.9. The van der Waals surface area contributed by atoms with Crippen molar-refractivity contribution >= 4 is 23.7 Å². The molecule has 3 fully saturated rings. The molecule has 0 aromatic heterocycles. The number of carbonyl (C=O) groups is 4. The first-order valence-corrected chi connectivity index (χ1v) is 17.0. The molecule has 0 radical (unpaired) electrons. The van der Waals surface area contributed by atoms with Crippen molar-refractivity contribution in [3.8, 4) is 0 Å². The first kappa shape index (κ1) is 37.7. The number of ether oxygens (including phenoxy) is 4. The van der Waals surface area contributed by atoms with E-state index < -0.39 is 11.6 Å². The van der Waals surface area contributed by atoms with Gasteiger partial charge in [0.1, 0.15) is 11.6 Å². The predicted octanol–water partition coefficient (Wildman–Crippen LogP) is 4.04. The van der Waals surface area contributed by atoms with E-state index in [4.69, 9.17) is 18.9 Å². The zero-order valence-corrected chi connectivity index (χ0v) is 29.1. The van der Waals surface area contributed by atoms with Crippen molar-refractivity contribution in [3.63, 3.8) is 0 Å². The number of nitrogens with one attached hydrogen (secondary N) is 3. The second-order valence-corrected chi connectivity index (χ2v) is 14.1. The van der Waals surface area contributed by atoms with E-state index in [1.165, 1.54) is 18.6 Å². The van der Waals surface area contributed by atoms with Crippen molar-refractivity contribution < 1.29 is 38.1 Å². The fourth-order valence-corrected chi connectivity index (χ4v) is 6.31. The highest BCUT2D eigenvalue weighted by molar-refractivity contribution is 5.90. The van der Waals surface area contributed by atoms with Crippen molar-refractivity contribution in [1.29, 1.82) is 0 Å². The molecule has 0 saturated carbocycles. The quantitative estimate of drug-likeness (QED) is 0.105. The Bertz CT molecular complexity index is 1130. The molecule has 3 saturated heterocycles. The minimum atomic E-state index is -0.994.